The van der Waals surface area contributed by atoms with E-state index in [2.05, 4.69) is 9.95 Å². The summed E-state index contributed by atoms with van der Waals surface area (Å²) >= 11 is 1.62. The number of nitrogens with two attached hydrogens (primary N) is 1. The summed E-state index contributed by atoms with van der Waals surface area (Å²) in [7, 11) is 0. The fourth-order valence-electron chi connectivity index (χ4n) is 2.75. The van der Waals surface area contributed by atoms with E-state index in [1.54, 1.807) is 11.3 Å². The van der Waals surface area contributed by atoms with Crippen LogP contribution in [0, 0.1) is 13.8 Å². The highest BCUT2D eigenvalue weighted by molar-refractivity contribution is 7.08. The van der Waals surface area contributed by atoms with Crippen molar-refractivity contribution in [1.29, 1.82) is 0 Å². The molecular formula is C16H22N2O2S. The highest BCUT2D eigenvalue weighted by Gasteiger charge is 2.22. The average molecular weight is 306 g/mol. The molecule has 2 rings (SSSR count). The Bertz CT molecular complexity index is 615. The first kappa shape index (κ1) is 15.8. The number of hydrogen-bond acceptors (Lipinski definition) is 3. The molecule has 2 aromatic heterocycles. The van der Waals surface area contributed by atoms with Gasteiger partial charge in [0.1, 0.15) is 0 Å². The summed E-state index contributed by atoms with van der Waals surface area (Å²) in [5.74, 6) is -0.361. The van der Waals surface area contributed by atoms with Crippen molar-refractivity contribution >= 4 is 17.2 Å². The molecule has 2 aromatic rings. The van der Waals surface area contributed by atoms with Crippen molar-refractivity contribution in [1.82, 2.24) is 4.57 Å². The Kier molecular flexibility index (Phi) is 5.20. The maximum atomic E-state index is 11.9. The first-order valence-electron chi connectivity index (χ1n) is 7.17. The molecule has 0 aliphatic heterocycles. The van der Waals surface area contributed by atoms with Gasteiger partial charge in [-0.2, -0.15) is 11.3 Å². The molecule has 5 heteroatoms. The minimum absolute atomic E-state index is 0.361. The van der Waals surface area contributed by atoms with Gasteiger partial charge in [-0.3, -0.25) is 4.79 Å². The second-order valence-corrected chi connectivity index (χ2v) is 5.78. The Hall–Kier alpha value is -1.59. The first-order chi connectivity index (χ1) is 10.1. The largest absolute Gasteiger partial charge is 0.382 e. The summed E-state index contributed by atoms with van der Waals surface area (Å²) in [5.41, 5.74) is 10.3. The Balaban J connectivity index is 2.39. The summed E-state index contributed by atoms with van der Waals surface area (Å²) in [4.78, 5) is 11.9. The molecule has 0 aliphatic rings. The molecule has 0 atom stereocenters. The highest BCUT2D eigenvalue weighted by atomic mass is 32.1. The van der Waals surface area contributed by atoms with Crippen LogP contribution in [-0.4, -0.2) is 23.7 Å². The van der Waals surface area contributed by atoms with Crippen molar-refractivity contribution in [2.24, 2.45) is 5.73 Å². The summed E-state index contributed by atoms with van der Waals surface area (Å²) in [6.07, 6.45) is 0.922. The molecule has 0 aromatic carbocycles. The topological polar surface area (TPSA) is 57.2 Å². The fraction of sp³-hybridized carbons (Fsp3) is 0.438. The van der Waals surface area contributed by atoms with Crippen LogP contribution in [0.2, 0.25) is 0 Å². The smallest absolute Gasteiger partial charge is 0.251 e. The van der Waals surface area contributed by atoms with E-state index in [1.165, 1.54) is 0 Å². The van der Waals surface area contributed by atoms with Gasteiger partial charge in [0.15, 0.2) is 0 Å². The second-order valence-electron chi connectivity index (χ2n) is 5.00. The third-order valence-corrected chi connectivity index (χ3v) is 4.40. The Labute approximate surface area is 129 Å². The zero-order valence-corrected chi connectivity index (χ0v) is 13.6. The predicted octanol–water partition coefficient (Wildman–Crippen LogP) is 3.36. The van der Waals surface area contributed by atoms with Crippen molar-refractivity contribution < 1.29 is 9.53 Å². The van der Waals surface area contributed by atoms with Gasteiger partial charge in [-0.05, 0) is 49.6 Å². The normalized spacial score (nSPS) is 11.0. The number of primary amides is 1. The van der Waals surface area contributed by atoms with Gasteiger partial charge in [0.25, 0.3) is 5.91 Å². The van der Waals surface area contributed by atoms with Crippen LogP contribution in [0.1, 0.15) is 35.1 Å². The van der Waals surface area contributed by atoms with Crippen LogP contribution in [0.25, 0.3) is 11.1 Å². The molecule has 0 spiro atoms. The molecule has 0 saturated heterocycles. The lowest BCUT2D eigenvalue weighted by atomic mass is 10.0. The van der Waals surface area contributed by atoms with Gasteiger partial charge >= 0.3 is 0 Å². The molecule has 0 radical (unpaired) electrons. The molecule has 0 saturated carbocycles. The Morgan fingerprint density at radius 1 is 1.38 bits per heavy atom. The van der Waals surface area contributed by atoms with Gasteiger partial charge in [-0.15, -0.1) is 0 Å². The van der Waals surface area contributed by atoms with Gasteiger partial charge in [0.2, 0.25) is 0 Å². The van der Waals surface area contributed by atoms with Crippen LogP contribution in [0.5, 0.6) is 0 Å². The predicted molar refractivity (Wildman–Crippen MR) is 86.8 cm³/mol. The monoisotopic (exact) mass is 306 g/mol. The summed E-state index contributed by atoms with van der Waals surface area (Å²) < 4.78 is 7.56. The molecule has 4 nitrogen and oxygen atoms in total. The zero-order chi connectivity index (χ0) is 15.4. The lowest BCUT2D eigenvalue weighted by Gasteiger charge is -2.09. The third-order valence-electron chi connectivity index (χ3n) is 3.71. The molecule has 0 aliphatic carbocycles. The first-order valence-corrected chi connectivity index (χ1v) is 8.12. The summed E-state index contributed by atoms with van der Waals surface area (Å²) in [5, 5.41) is 4.07. The quantitative estimate of drug-likeness (QED) is 0.797. The minimum atomic E-state index is -0.361. The van der Waals surface area contributed by atoms with Gasteiger partial charge in [-0.1, -0.05) is 0 Å². The maximum absolute atomic E-state index is 11.9. The number of amides is 1. The number of ether oxygens (including phenoxy) is 1. The van der Waals surface area contributed by atoms with Crippen LogP contribution < -0.4 is 5.73 Å². The van der Waals surface area contributed by atoms with Crippen LogP contribution in [0.4, 0.5) is 0 Å². The van der Waals surface area contributed by atoms with E-state index in [0.29, 0.717) is 5.56 Å². The molecule has 0 unspecified atom stereocenters. The maximum Gasteiger partial charge on any atom is 0.251 e. The molecule has 2 N–H and O–H groups in total. The lowest BCUT2D eigenvalue weighted by molar-refractivity contribution is 0.1000. The number of nitrogens with zero attached hydrogens (tertiary/aromatic N) is 1. The Morgan fingerprint density at radius 3 is 2.71 bits per heavy atom. The summed E-state index contributed by atoms with van der Waals surface area (Å²) in [6, 6.07) is 2.03. The van der Waals surface area contributed by atoms with Gasteiger partial charge in [0.05, 0.1) is 5.56 Å². The van der Waals surface area contributed by atoms with Crippen molar-refractivity contribution in [2.75, 3.05) is 13.2 Å². The Morgan fingerprint density at radius 2 is 2.14 bits per heavy atom. The van der Waals surface area contributed by atoms with E-state index in [1.807, 2.05) is 32.2 Å². The molecular weight excluding hydrogens is 284 g/mol. The second kappa shape index (κ2) is 6.91. The van der Waals surface area contributed by atoms with E-state index in [9.17, 15) is 4.79 Å². The zero-order valence-electron chi connectivity index (χ0n) is 12.8. The molecule has 0 bridgehead atoms. The minimum Gasteiger partial charge on any atom is -0.382 e. The number of hydrogen-bond donors (Lipinski definition) is 1. The number of rotatable bonds is 7. The number of carbonyl (C=O) groups excluding carboxylic acids is 1. The molecule has 114 valence electrons. The SMILES string of the molecule is CCOCCCn1c(C)c(C(N)=O)c(-c2ccsc2)c1C. The van der Waals surface area contributed by atoms with E-state index in [4.69, 9.17) is 10.5 Å². The van der Waals surface area contributed by atoms with Gasteiger partial charge < -0.3 is 15.0 Å². The average Bonchev–Trinajstić information content (AvgIpc) is 3.03. The van der Waals surface area contributed by atoms with E-state index in [0.717, 1.165) is 48.7 Å². The molecule has 21 heavy (non-hydrogen) atoms. The van der Waals surface area contributed by atoms with Crippen molar-refractivity contribution in [3.63, 3.8) is 0 Å². The highest BCUT2D eigenvalue weighted by Crippen LogP contribution is 2.33. The van der Waals surface area contributed by atoms with E-state index < -0.39 is 0 Å². The number of carbonyl (C=O) groups is 1. The van der Waals surface area contributed by atoms with Crippen molar-refractivity contribution in [3.05, 3.63) is 33.8 Å². The van der Waals surface area contributed by atoms with Crippen LogP contribution in [0.3, 0.4) is 0 Å². The van der Waals surface area contributed by atoms with Crippen LogP contribution >= 0.6 is 11.3 Å². The summed E-state index contributed by atoms with van der Waals surface area (Å²) in [6.45, 7) is 8.30. The third kappa shape index (κ3) is 3.19. The molecule has 1 amide bonds. The van der Waals surface area contributed by atoms with Crippen molar-refractivity contribution in [3.8, 4) is 11.1 Å². The van der Waals surface area contributed by atoms with Gasteiger partial charge in [0, 0.05) is 36.7 Å². The van der Waals surface area contributed by atoms with Crippen LogP contribution in [0.15, 0.2) is 16.8 Å². The molecule has 0 fully saturated rings. The fourth-order valence-corrected chi connectivity index (χ4v) is 3.40. The number of thiophene rings is 1. The molecule has 2 heterocycles. The van der Waals surface area contributed by atoms with E-state index >= 15 is 0 Å². The van der Waals surface area contributed by atoms with E-state index in [-0.39, 0.29) is 5.91 Å². The lowest BCUT2D eigenvalue weighted by Crippen LogP contribution is -2.13. The standard InChI is InChI=1S/C16H22N2O2S/c1-4-20-8-5-7-18-11(2)14(13-6-9-21-10-13)15(12(18)3)16(17)19/h6,9-10H,4-5,7-8H2,1-3H3,(H2,17,19). The van der Waals surface area contributed by atoms with Gasteiger partial charge in [-0.25, -0.2) is 0 Å². The number of aromatic nitrogens is 1. The van der Waals surface area contributed by atoms with Crippen LogP contribution in [-0.2, 0) is 11.3 Å². The van der Waals surface area contributed by atoms with Crippen molar-refractivity contribution in [2.45, 2.75) is 33.7 Å².